The van der Waals surface area contributed by atoms with Crippen LogP contribution in [0.1, 0.15) is 24.2 Å². The van der Waals surface area contributed by atoms with E-state index >= 15 is 0 Å². The van der Waals surface area contributed by atoms with Gasteiger partial charge in [-0.2, -0.15) is 4.68 Å². The molecule has 1 aromatic heterocycles. The standard InChI is InChI=1S/C19H19F2N5O2S/c1-29(27,28)17-8-6-16(7-9-17)26-19(22-23-24-26)12-25(15-4-5-15)11-13-2-3-14(20)10-18(13)21/h2-3,6-10,15H,4-5,11-12H2,1H3. The van der Waals surface area contributed by atoms with Gasteiger partial charge in [0.1, 0.15) is 11.6 Å². The fourth-order valence-corrected chi connectivity index (χ4v) is 3.77. The Kier molecular flexibility index (Phi) is 5.13. The van der Waals surface area contributed by atoms with Crippen molar-refractivity contribution in [3.63, 3.8) is 0 Å². The van der Waals surface area contributed by atoms with Gasteiger partial charge in [-0.05, 0) is 53.6 Å². The molecule has 0 radical (unpaired) electrons. The van der Waals surface area contributed by atoms with Gasteiger partial charge in [0.2, 0.25) is 0 Å². The van der Waals surface area contributed by atoms with E-state index in [1.165, 1.54) is 28.9 Å². The van der Waals surface area contributed by atoms with E-state index in [1.54, 1.807) is 12.1 Å². The Balaban J connectivity index is 1.56. The molecule has 7 nitrogen and oxygen atoms in total. The van der Waals surface area contributed by atoms with E-state index in [0.29, 0.717) is 30.2 Å². The number of halogens is 2. The summed E-state index contributed by atoms with van der Waals surface area (Å²) >= 11 is 0. The molecular weight excluding hydrogens is 400 g/mol. The Morgan fingerprint density at radius 3 is 2.45 bits per heavy atom. The van der Waals surface area contributed by atoms with Crippen molar-refractivity contribution in [2.75, 3.05) is 6.26 Å². The number of tetrazole rings is 1. The highest BCUT2D eigenvalue weighted by atomic mass is 32.2. The minimum absolute atomic E-state index is 0.210. The topological polar surface area (TPSA) is 81.0 Å². The van der Waals surface area contributed by atoms with Crippen LogP contribution in [0.4, 0.5) is 8.78 Å². The zero-order chi connectivity index (χ0) is 20.6. The molecule has 10 heteroatoms. The molecule has 0 spiro atoms. The lowest BCUT2D eigenvalue weighted by Crippen LogP contribution is -2.27. The molecular formula is C19H19F2N5O2S. The van der Waals surface area contributed by atoms with Crippen LogP contribution in [-0.2, 0) is 22.9 Å². The van der Waals surface area contributed by atoms with Gasteiger partial charge >= 0.3 is 0 Å². The first-order valence-electron chi connectivity index (χ1n) is 9.07. The predicted octanol–water partition coefficient (Wildman–Crippen LogP) is 2.51. The average Bonchev–Trinajstić information content (AvgIpc) is 3.41. The highest BCUT2D eigenvalue weighted by Gasteiger charge is 2.31. The monoisotopic (exact) mass is 419 g/mol. The van der Waals surface area contributed by atoms with Gasteiger partial charge < -0.3 is 0 Å². The number of nitrogens with zero attached hydrogens (tertiary/aromatic N) is 5. The normalized spacial score (nSPS) is 14.5. The number of sulfone groups is 1. The van der Waals surface area contributed by atoms with E-state index in [9.17, 15) is 17.2 Å². The second-order valence-corrected chi connectivity index (χ2v) is 9.16. The third-order valence-corrected chi connectivity index (χ3v) is 5.97. The molecule has 0 aliphatic heterocycles. The molecule has 1 heterocycles. The molecule has 0 bridgehead atoms. The molecule has 0 amide bonds. The fourth-order valence-electron chi connectivity index (χ4n) is 3.14. The lowest BCUT2D eigenvalue weighted by Gasteiger charge is -2.21. The lowest BCUT2D eigenvalue weighted by atomic mass is 10.2. The third kappa shape index (κ3) is 4.48. The molecule has 1 saturated carbocycles. The van der Waals surface area contributed by atoms with Crippen molar-refractivity contribution in [1.82, 2.24) is 25.1 Å². The van der Waals surface area contributed by atoms with E-state index in [1.807, 2.05) is 0 Å². The minimum Gasteiger partial charge on any atom is -0.289 e. The van der Waals surface area contributed by atoms with E-state index < -0.39 is 21.5 Å². The first-order chi connectivity index (χ1) is 13.8. The van der Waals surface area contributed by atoms with Crippen LogP contribution in [0.5, 0.6) is 0 Å². The van der Waals surface area contributed by atoms with Crippen molar-refractivity contribution in [3.8, 4) is 5.69 Å². The molecule has 0 saturated heterocycles. The summed E-state index contributed by atoms with van der Waals surface area (Å²) in [5, 5.41) is 11.8. The Morgan fingerprint density at radius 1 is 1.10 bits per heavy atom. The van der Waals surface area contributed by atoms with E-state index in [-0.39, 0.29) is 10.9 Å². The summed E-state index contributed by atoms with van der Waals surface area (Å²) in [7, 11) is -3.29. The van der Waals surface area contributed by atoms with Gasteiger partial charge in [-0.15, -0.1) is 5.10 Å². The zero-order valence-corrected chi connectivity index (χ0v) is 16.5. The van der Waals surface area contributed by atoms with Crippen LogP contribution >= 0.6 is 0 Å². The molecule has 1 fully saturated rings. The highest BCUT2D eigenvalue weighted by molar-refractivity contribution is 7.90. The van der Waals surface area contributed by atoms with Crippen molar-refractivity contribution in [2.45, 2.75) is 36.9 Å². The maximum absolute atomic E-state index is 14.1. The van der Waals surface area contributed by atoms with Crippen LogP contribution in [0.25, 0.3) is 5.69 Å². The molecule has 1 aliphatic carbocycles. The Morgan fingerprint density at radius 2 is 1.83 bits per heavy atom. The third-order valence-electron chi connectivity index (χ3n) is 4.84. The first-order valence-corrected chi connectivity index (χ1v) is 11.0. The molecule has 3 aromatic rings. The summed E-state index contributed by atoms with van der Waals surface area (Å²) in [6, 6.07) is 10.1. The summed E-state index contributed by atoms with van der Waals surface area (Å²) in [5.41, 5.74) is 1.04. The predicted molar refractivity (Wildman–Crippen MR) is 101 cm³/mol. The summed E-state index contributed by atoms with van der Waals surface area (Å²) in [6.07, 6.45) is 3.13. The van der Waals surface area contributed by atoms with Gasteiger partial charge in [0, 0.05) is 30.5 Å². The largest absolute Gasteiger partial charge is 0.289 e. The average molecular weight is 419 g/mol. The van der Waals surface area contributed by atoms with Gasteiger partial charge in [-0.25, -0.2) is 17.2 Å². The SMILES string of the molecule is CS(=O)(=O)c1ccc(-n2nnnc2CN(Cc2ccc(F)cc2F)C2CC2)cc1. The van der Waals surface area contributed by atoms with Gasteiger partial charge in [0.15, 0.2) is 15.7 Å². The van der Waals surface area contributed by atoms with Crippen molar-refractivity contribution in [1.29, 1.82) is 0 Å². The molecule has 0 unspecified atom stereocenters. The van der Waals surface area contributed by atoms with Crippen LogP contribution in [0.2, 0.25) is 0 Å². The van der Waals surface area contributed by atoms with Crippen LogP contribution in [0, 0.1) is 11.6 Å². The second-order valence-electron chi connectivity index (χ2n) is 7.14. The molecule has 0 atom stereocenters. The molecule has 1 aliphatic rings. The highest BCUT2D eigenvalue weighted by Crippen LogP contribution is 2.30. The smallest absolute Gasteiger partial charge is 0.175 e. The Hall–Kier alpha value is -2.72. The van der Waals surface area contributed by atoms with Crippen LogP contribution < -0.4 is 0 Å². The number of hydrogen-bond donors (Lipinski definition) is 0. The number of aromatic nitrogens is 4. The maximum atomic E-state index is 14.1. The molecule has 2 aromatic carbocycles. The number of benzene rings is 2. The van der Waals surface area contributed by atoms with E-state index in [0.717, 1.165) is 25.2 Å². The van der Waals surface area contributed by atoms with Crippen LogP contribution in [-0.4, -0.2) is 45.8 Å². The van der Waals surface area contributed by atoms with Crippen LogP contribution in [0.3, 0.4) is 0 Å². The van der Waals surface area contributed by atoms with E-state index in [2.05, 4.69) is 20.4 Å². The van der Waals surface area contributed by atoms with Gasteiger partial charge in [0.05, 0.1) is 17.1 Å². The Bertz CT molecular complexity index is 1130. The molecule has 4 rings (SSSR count). The number of rotatable bonds is 7. The Labute approximate surface area is 166 Å². The molecule has 29 heavy (non-hydrogen) atoms. The summed E-state index contributed by atoms with van der Waals surface area (Å²) in [5.74, 6) is -0.635. The fraction of sp³-hybridized carbons (Fsp3) is 0.316. The quantitative estimate of drug-likeness (QED) is 0.585. The zero-order valence-electron chi connectivity index (χ0n) is 15.7. The van der Waals surface area contributed by atoms with Gasteiger partial charge in [-0.3, -0.25) is 4.90 Å². The number of hydrogen-bond acceptors (Lipinski definition) is 6. The minimum atomic E-state index is -3.29. The van der Waals surface area contributed by atoms with Crippen molar-refractivity contribution >= 4 is 9.84 Å². The van der Waals surface area contributed by atoms with Crippen molar-refractivity contribution in [3.05, 3.63) is 65.5 Å². The van der Waals surface area contributed by atoms with Crippen LogP contribution in [0.15, 0.2) is 47.4 Å². The molecule has 152 valence electrons. The summed E-state index contributed by atoms with van der Waals surface area (Å²) < 4.78 is 52.1. The van der Waals surface area contributed by atoms with Gasteiger partial charge in [-0.1, -0.05) is 6.07 Å². The van der Waals surface area contributed by atoms with E-state index in [4.69, 9.17) is 0 Å². The van der Waals surface area contributed by atoms with Crippen molar-refractivity contribution < 1.29 is 17.2 Å². The summed E-state index contributed by atoms with van der Waals surface area (Å²) in [4.78, 5) is 2.27. The lowest BCUT2D eigenvalue weighted by molar-refractivity contribution is 0.234. The maximum Gasteiger partial charge on any atom is 0.175 e. The first kappa shape index (κ1) is 19.6. The van der Waals surface area contributed by atoms with Gasteiger partial charge in [0.25, 0.3) is 0 Å². The van der Waals surface area contributed by atoms with Crippen molar-refractivity contribution in [2.24, 2.45) is 0 Å². The second kappa shape index (κ2) is 7.60. The summed E-state index contributed by atoms with van der Waals surface area (Å²) in [6.45, 7) is 0.693. The molecule has 0 N–H and O–H groups in total.